The van der Waals surface area contributed by atoms with Gasteiger partial charge in [0.05, 0.1) is 42.7 Å². The minimum atomic E-state index is 0.509. The maximum atomic E-state index is 4.74. The van der Waals surface area contributed by atoms with Gasteiger partial charge in [0.2, 0.25) is 5.65 Å². The van der Waals surface area contributed by atoms with E-state index in [0.717, 1.165) is 54.3 Å². The number of likely N-dealkylation sites (N-methyl/N-ethyl adjacent to an activating group) is 1. The van der Waals surface area contributed by atoms with Crippen LogP contribution in [0, 0.1) is 0 Å². The standard InChI is InChI=1S/C24H25N11/c1-32-6-8-34(9-7-32)20-12-25-22(26-13-20)18-5-3-4-17(10-18)15-35-24-23(30-31-35)27-14-21(29-24)19-11-28-33(2)16-19/h3-5,10-14,16H,6-9,15H2,1-2H3. The number of hydrogen-bond acceptors (Lipinski definition) is 9. The summed E-state index contributed by atoms with van der Waals surface area (Å²) in [6.45, 7) is 4.59. The van der Waals surface area contributed by atoms with Crippen LogP contribution in [0.2, 0.25) is 0 Å². The first-order chi connectivity index (χ1) is 17.1. The van der Waals surface area contributed by atoms with Crippen LogP contribution in [-0.2, 0) is 13.6 Å². The van der Waals surface area contributed by atoms with Gasteiger partial charge in [-0.05, 0) is 18.7 Å². The van der Waals surface area contributed by atoms with Gasteiger partial charge in [0.15, 0.2) is 11.5 Å². The molecule has 0 atom stereocenters. The number of benzene rings is 1. The second-order valence-corrected chi connectivity index (χ2v) is 8.81. The molecule has 1 saturated heterocycles. The Kier molecular flexibility index (Phi) is 5.38. The molecule has 0 bridgehead atoms. The van der Waals surface area contributed by atoms with E-state index in [1.54, 1.807) is 21.8 Å². The predicted molar refractivity (Wildman–Crippen MR) is 132 cm³/mol. The zero-order chi connectivity index (χ0) is 23.8. The molecular weight excluding hydrogens is 442 g/mol. The summed E-state index contributed by atoms with van der Waals surface area (Å²) in [5.41, 5.74) is 5.84. The Labute approximate surface area is 202 Å². The fourth-order valence-corrected chi connectivity index (χ4v) is 4.23. The maximum absolute atomic E-state index is 4.74. The quantitative estimate of drug-likeness (QED) is 0.383. The Morgan fingerprint density at radius 3 is 2.49 bits per heavy atom. The third kappa shape index (κ3) is 4.33. The van der Waals surface area contributed by atoms with Crippen molar-refractivity contribution in [3.8, 4) is 22.6 Å². The third-order valence-electron chi connectivity index (χ3n) is 6.25. The molecule has 0 amide bonds. The molecular formula is C24H25N11. The Hall–Kier alpha value is -4.25. The summed E-state index contributed by atoms with van der Waals surface area (Å²) in [6.07, 6.45) is 9.20. The molecule has 5 heterocycles. The molecule has 176 valence electrons. The van der Waals surface area contributed by atoms with Gasteiger partial charge in [0.1, 0.15) is 0 Å². The highest BCUT2D eigenvalue weighted by Crippen LogP contribution is 2.21. The minimum Gasteiger partial charge on any atom is -0.366 e. The lowest BCUT2D eigenvalue weighted by Crippen LogP contribution is -2.44. The lowest BCUT2D eigenvalue weighted by molar-refractivity contribution is 0.312. The molecule has 0 N–H and O–H groups in total. The molecule has 4 aromatic heterocycles. The molecule has 11 heteroatoms. The summed E-state index contributed by atoms with van der Waals surface area (Å²) < 4.78 is 3.50. The SMILES string of the molecule is CN1CCN(c2cnc(-c3cccc(Cn4nnc5ncc(-c6cnn(C)c6)nc54)c3)nc2)CC1. The van der Waals surface area contributed by atoms with Gasteiger partial charge in [0, 0.05) is 50.6 Å². The van der Waals surface area contributed by atoms with Crippen LogP contribution in [0.1, 0.15) is 5.56 Å². The average molecular weight is 468 g/mol. The van der Waals surface area contributed by atoms with Crippen molar-refractivity contribution in [2.24, 2.45) is 7.05 Å². The number of hydrogen-bond donors (Lipinski definition) is 0. The minimum absolute atomic E-state index is 0.509. The topological polar surface area (TPSA) is 107 Å². The molecule has 6 rings (SSSR count). The third-order valence-corrected chi connectivity index (χ3v) is 6.25. The summed E-state index contributed by atoms with van der Waals surface area (Å²) >= 11 is 0. The maximum Gasteiger partial charge on any atom is 0.221 e. The summed E-state index contributed by atoms with van der Waals surface area (Å²) in [7, 11) is 4.02. The molecule has 0 spiro atoms. The van der Waals surface area contributed by atoms with Crippen LogP contribution in [-0.4, -0.2) is 82.8 Å². The molecule has 1 aliphatic heterocycles. The predicted octanol–water partition coefficient (Wildman–Crippen LogP) is 1.88. The highest BCUT2D eigenvalue weighted by molar-refractivity contribution is 5.69. The Morgan fingerprint density at radius 1 is 0.886 bits per heavy atom. The lowest BCUT2D eigenvalue weighted by Gasteiger charge is -2.33. The number of nitrogens with zero attached hydrogens (tertiary/aromatic N) is 11. The molecule has 0 radical (unpaired) electrons. The van der Waals surface area contributed by atoms with Gasteiger partial charge in [-0.3, -0.25) is 4.68 Å². The largest absolute Gasteiger partial charge is 0.366 e. The molecule has 35 heavy (non-hydrogen) atoms. The second kappa shape index (κ2) is 8.84. The molecule has 11 nitrogen and oxygen atoms in total. The Bertz CT molecular complexity index is 1460. The Balaban J connectivity index is 1.23. The van der Waals surface area contributed by atoms with Crippen LogP contribution in [0.15, 0.2) is 55.2 Å². The number of fused-ring (bicyclic) bond motifs is 1. The first kappa shape index (κ1) is 21.3. The summed E-state index contributed by atoms with van der Waals surface area (Å²) in [5, 5.41) is 12.7. The molecule has 0 saturated carbocycles. The van der Waals surface area contributed by atoms with Crippen molar-refractivity contribution in [1.82, 2.24) is 49.6 Å². The van der Waals surface area contributed by atoms with Gasteiger partial charge in [-0.15, -0.1) is 5.10 Å². The average Bonchev–Trinajstić information content (AvgIpc) is 3.51. The van der Waals surface area contributed by atoms with Crippen LogP contribution in [0.25, 0.3) is 33.9 Å². The first-order valence-electron chi connectivity index (χ1n) is 11.5. The number of rotatable bonds is 5. The molecule has 1 aliphatic rings. The number of aryl methyl sites for hydroxylation is 1. The fraction of sp³-hybridized carbons (Fsp3) is 0.292. The number of anilines is 1. The molecule has 5 aromatic rings. The van der Waals surface area contributed by atoms with Crippen LogP contribution in [0.3, 0.4) is 0 Å². The van der Waals surface area contributed by atoms with E-state index in [1.807, 2.05) is 43.8 Å². The van der Waals surface area contributed by atoms with Crippen LogP contribution >= 0.6 is 0 Å². The molecule has 0 aliphatic carbocycles. The van der Waals surface area contributed by atoms with Gasteiger partial charge in [-0.25, -0.2) is 24.6 Å². The fourth-order valence-electron chi connectivity index (χ4n) is 4.23. The van der Waals surface area contributed by atoms with E-state index >= 15 is 0 Å². The van der Waals surface area contributed by atoms with E-state index in [9.17, 15) is 0 Å². The first-order valence-corrected chi connectivity index (χ1v) is 11.5. The monoisotopic (exact) mass is 467 g/mol. The van der Waals surface area contributed by atoms with Gasteiger partial charge in [-0.2, -0.15) is 5.10 Å². The summed E-state index contributed by atoms with van der Waals surface area (Å²) in [5.74, 6) is 0.701. The summed E-state index contributed by atoms with van der Waals surface area (Å²) in [4.78, 5) is 23.1. The van der Waals surface area contributed by atoms with Gasteiger partial charge in [0.25, 0.3) is 0 Å². The van der Waals surface area contributed by atoms with Crippen LogP contribution < -0.4 is 4.90 Å². The van der Waals surface area contributed by atoms with E-state index in [2.05, 4.69) is 53.3 Å². The van der Waals surface area contributed by atoms with Crippen molar-refractivity contribution in [1.29, 1.82) is 0 Å². The van der Waals surface area contributed by atoms with Gasteiger partial charge >= 0.3 is 0 Å². The van der Waals surface area contributed by atoms with Crippen molar-refractivity contribution in [2.45, 2.75) is 6.54 Å². The van der Waals surface area contributed by atoms with Crippen LogP contribution in [0.4, 0.5) is 5.69 Å². The van der Waals surface area contributed by atoms with Crippen molar-refractivity contribution >= 4 is 17.0 Å². The van der Waals surface area contributed by atoms with Crippen LogP contribution in [0.5, 0.6) is 0 Å². The van der Waals surface area contributed by atoms with Crippen molar-refractivity contribution in [3.63, 3.8) is 0 Å². The van der Waals surface area contributed by atoms with Gasteiger partial charge < -0.3 is 9.80 Å². The highest BCUT2D eigenvalue weighted by atomic mass is 15.5. The zero-order valence-electron chi connectivity index (χ0n) is 19.7. The summed E-state index contributed by atoms with van der Waals surface area (Å²) in [6, 6.07) is 8.16. The van der Waals surface area contributed by atoms with E-state index < -0.39 is 0 Å². The van der Waals surface area contributed by atoms with Gasteiger partial charge in [-0.1, -0.05) is 23.4 Å². The smallest absolute Gasteiger partial charge is 0.221 e. The number of aromatic nitrogens is 9. The van der Waals surface area contributed by atoms with Crippen molar-refractivity contribution in [3.05, 3.63) is 60.8 Å². The van der Waals surface area contributed by atoms with E-state index in [4.69, 9.17) is 4.98 Å². The van der Waals surface area contributed by atoms with E-state index in [1.165, 1.54) is 0 Å². The second-order valence-electron chi connectivity index (χ2n) is 8.81. The van der Waals surface area contributed by atoms with E-state index in [-0.39, 0.29) is 0 Å². The highest BCUT2D eigenvalue weighted by Gasteiger charge is 2.16. The normalized spacial score (nSPS) is 14.6. The Morgan fingerprint density at radius 2 is 1.71 bits per heavy atom. The van der Waals surface area contributed by atoms with Crippen molar-refractivity contribution in [2.75, 3.05) is 38.1 Å². The molecule has 1 fully saturated rings. The number of piperazine rings is 1. The lowest BCUT2D eigenvalue weighted by atomic mass is 10.1. The zero-order valence-corrected chi connectivity index (χ0v) is 19.7. The molecule has 1 aromatic carbocycles. The van der Waals surface area contributed by atoms with E-state index in [0.29, 0.717) is 23.7 Å². The molecule has 0 unspecified atom stereocenters. The van der Waals surface area contributed by atoms with Crippen molar-refractivity contribution < 1.29 is 0 Å².